The van der Waals surface area contributed by atoms with Crippen LogP contribution in [0.25, 0.3) is 0 Å². The molecule has 1 unspecified atom stereocenters. The second-order valence-electron chi connectivity index (χ2n) is 4.14. The largest absolute Gasteiger partial charge is 0.354 e. The minimum absolute atomic E-state index is 0.00935. The number of carbonyl (C=O) groups is 2. The minimum Gasteiger partial charge on any atom is -0.354 e. The molecule has 1 aliphatic heterocycles. The lowest BCUT2D eigenvalue weighted by Crippen LogP contribution is -2.47. The number of piperidine rings is 1. The molecule has 6 heteroatoms. The third-order valence-electron chi connectivity index (χ3n) is 2.78. The Bertz CT molecular complexity index is 483. The lowest BCUT2D eigenvalue weighted by molar-refractivity contribution is -0.122. The van der Waals surface area contributed by atoms with Gasteiger partial charge in [0, 0.05) is 23.5 Å². The van der Waals surface area contributed by atoms with Gasteiger partial charge in [0.2, 0.25) is 5.91 Å². The molecule has 0 spiro atoms. The van der Waals surface area contributed by atoms with Gasteiger partial charge >= 0.3 is 0 Å². The first kappa shape index (κ1) is 13.0. The van der Waals surface area contributed by atoms with Gasteiger partial charge in [0.05, 0.1) is 5.56 Å². The van der Waals surface area contributed by atoms with Gasteiger partial charge in [-0.25, -0.2) is 4.39 Å². The summed E-state index contributed by atoms with van der Waals surface area (Å²) in [5.74, 6) is -1.04. The van der Waals surface area contributed by atoms with Gasteiger partial charge in [-0.3, -0.25) is 9.59 Å². The summed E-state index contributed by atoms with van der Waals surface area (Å²) in [6, 6.07) is 4.15. The summed E-state index contributed by atoms with van der Waals surface area (Å²) in [5.41, 5.74) is 0.00935. The summed E-state index contributed by atoms with van der Waals surface area (Å²) in [5, 5.41) is 5.36. The summed E-state index contributed by atoms with van der Waals surface area (Å²) >= 11 is 3.13. The monoisotopic (exact) mass is 314 g/mol. The van der Waals surface area contributed by atoms with Crippen molar-refractivity contribution in [1.82, 2.24) is 10.6 Å². The molecule has 0 bridgehead atoms. The van der Waals surface area contributed by atoms with E-state index in [-0.39, 0.29) is 17.5 Å². The summed E-state index contributed by atoms with van der Waals surface area (Å²) < 4.78 is 14.1. The van der Waals surface area contributed by atoms with Crippen LogP contribution in [0.1, 0.15) is 23.2 Å². The number of carbonyl (C=O) groups excluding carboxylic acids is 2. The molecule has 2 amide bonds. The second-order valence-corrected chi connectivity index (χ2v) is 5.05. The highest BCUT2D eigenvalue weighted by atomic mass is 79.9. The Morgan fingerprint density at radius 2 is 2.28 bits per heavy atom. The zero-order valence-corrected chi connectivity index (χ0v) is 11.1. The topological polar surface area (TPSA) is 58.2 Å². The number of benzene rings is 1. The normalized spacial score (nSPS) is 19.2. The highest BCUT2D eigenvalue weighted by molar-refractivity contribution is 9.10. The van der Waals surface area contributed by atoms with E-state index in [4.69, 9.17) is 0 Å². The highest BCUT2D eigenvalue weighted by Crippen LogP contribution is 2.15. The molecule has 1 aromatic carbocycles. The number of halogens is 2. The summed E-state index contributed by atoms with van der Waals surface area (Å²) in [4.78, 5) is 22.8. The maximum Gasteiger partial charge on any atom is 0.254 e. The molecule has 1 fully saturated rings. The van der Waals surface area contributed by atoms with Crippen LogP contribution in [0.15, 0.2) is 22.7 Å². The van der Waals surface area contributed by atoms with Gasteiger partial charge in [0.1, 0.15) is 5.82 Å². The predicted octanol–water partition coefficient (Wildman–Crippen LogP) is 1.60. The predicted molar refractivity (Wildman–Crippen MR) is 67.6 cm³/mol. The number of amides is 2. The fraction of sp³-hybridized carbons (Fsp3) is 0.333. The van der Waals surface area contributed by atoms with Gasteiger partial charge in [-0.2, -0.15) is 0 Å². The number of hydrogen-bond donors (Lipinski definition) is 2. The fourth-order valence-electron chi connectivity index (χ4n) is 1.79. The zero-order valence-electron chi connectivity index (χ0n) is 9.50. The molecule has 18 heavy (non-hydrogen) atoms. The Morgan fingerprint density at radius 3 is 2.89 bits per heavy atom. The Labute approximate surface area is 112 Å². The molecule has 0 radical (unpaired) electrons. The van der Waals surface area contributed by atoms with Crippen LogP contribution in [0.5, 0.6) is 0 Å². The molecule has 96 valence electrons. The van der Waals surface area contributed by atoms with Crippen molar-refractivity contribution < 1.29 is 14.0 Å². The molecular weight excluding hydrogens is 303 g/mol. The first-order valence-corrected chi connectivity index (χ1v) is 6.38. The maximum atomic E-state index is 13.6. The number of nitrogens with one attached hydrogen (secondary N) is 2. The molecule has 0 saturated carbocycles. The molecule has 1 saturated heterocycles. The molecule has 1 atom stereocenters. The van der Waals surface area contributed by atoms with Crippen LogP contribution in [0, 0.1) is 5.82 Å². The van der Waals surface area contributed by atoms with E-state index >= 15 is 0 Å². The Kier molecular flexibility index (Phi) is 3.96. The van der Waals surface area contributed by atoms with Crippen LogP contribution in [-0.2, 0) is 4.79 Å². The first-order valence-electron chi connectivity index (χ1n) is 5.59. The molecule has 1 aliphatic rings. The standard InChI is InChI=1S/C12H12BrFN2O2/c13-7-1-3-9(10(14)5-7)12(18)16-8-2-4-11(17)15-6-8/h1,3,5,8H,2,4,6H2,(H,15,17)(H,16,18). The first-order chi connectivity index (χ1) is 8.56. The van der Waals surface area contributed by atoms with Crippen molar-refractivity contribution in [2.45, 2.75) is 18.9 Å². The summed E-state index contributed by atoms with van der Waals surface area (Å²) in [6.45, 7) is 0.392. The van der Waals surface area contributed by atoms with Gasteiger partial charge in [-0.1, -0.05) is 15.9 Å². The van der Waals surface area contributed by atoms with E-state index in [1.54, 1.807) is 6.07 Å². The van der Waals surface area contributed by atoms with E-state index in [1.807, 2.05) is 0 Å². The molecule has 0 aliphatic carbocycles. The molecule has 2 rings (SSSR count). The lowest BCUT2D eigenvalue weighted by atomic mass is 10.1. The van der Waals surface area contributed by atoms with Gasteiger partial charge in [0.15, 0.2) is 0 Å². The summed E-state index contributed by atoms with van der Waals surface area (Å²) in [6.07, 6.45) is 0.962. The SMILES string of the molecule is O=C1CCC(NC(=O)c2ccc(Br)cc2F)CN1. The Morgan fingerprint density at radius 1 is 1.50 bits per heavy atom. The van der Waals surface area contributed by atoms with Crippen molar-refractivity contribution in [3.63, 3.8) is 0 Å². The number of hydrogen-bond acceptors (Lipinski definition) is 2. The van der Waals surface area contributed by atoms with Crippen LogP contribution in [-0.4, -0.2) is 24.4 Å². The lowest BCUT2D eigenvalue weighted by Gasteiger charge is -2.23. The fourth-order valence-corrected chi connectivity index (χ4v) is 2.13. The smallest absolute Gasteiger partial charge is 0.254 e. The van der Waals surface area contributed by atoms with Gasteiger partial charge < -0.3 is 10.6 Å². The average Bonchev–Trinajstić information content (AvgIpc) is 2.32. The van der Waals surface area contributed by atoms with Gasteiger partial charge in [0.25, 0.3) is 5.91 Å². The molecule has 1 heterocycles. The maximum absolute atomic E-state index is 13.6. The van der Waals surface area contributed by atoms with Crippen LogP contribution in [0.3, 0.4) is 0 Å². The van der Waals surface area contributed by atoms with Crippen molar-refractivity contribution >= 4 is 27.7 Å². The molecule has 0 aromatic heterocycles. The van der Waals surface area contributed by atoms with Crippen LogP contribution in [0.4, 0.5) is 4.39 Å². The van der Waals surface area contributed by atoms with E-state index in [1.165, 1.54) is 12.1 Å². The molecular formula is C12H12BrFN2O2. The molecule has 4 nitrogen and oxygen atoms in total. The molecule has 2 N–H and O–H groups in total. The van der Waals surface area contributed by atoms with E-state index in [9.17, 15) is 14.0 Å². The van der Waals surface area contributed by atoms with Crippen LogP contribution in [0.2, 0.25) is 0 Å². The summed E-state index contributed by atoms with van der Waals surface area (Å²) in [7, 11) is 0. The van der Waals surface area contributed by atoms with Gasteiger partial charge in [-0.05, 0) is 24.6 Å². The quantitative estimate of drug-likeness (QED) is 0.871. The van der Waals surface area contributed by atoms with E-state index in [0.29, 0.717) is 23.9 Å². The van der Waals surface area contributed by atoms with Crippen molar-refractivity contribution in [1.29, 1.82) is 0 Å². The van der Waals surface area contributed by atoms with E-state index in [0.717, 1.165) is 0 Å². The molecule has 1 aromatic rings. The van der Waals surface area contributed by atoms with Crippen LogP contribution >= 0.6 is 15.9 Å². The van der Waals surface area contributed by atoms with Crippen molar-refractivity contribution in [3.05, 3.63) is 34.1 Å². The van der Waals surface area contributed by atoms with E-state index in [2.05, 4.69) is 26.6 Å². The zero-order chi connectivity index (χ0) is 13.1. The van der Waals surface area contributed by atoms with Crippen LogP contribution < -0.4 is 10.6 Å². The minimum atomic E-state index is -0.568. The highest BCUT2D eigenvalue weighted by Gasteiger charge is 2.21. The van der Waals surface area contributed by atoms with Crippen molar-refractivity contribution in [2.24, 2.45) is 0 Å². The average molecular weight is 315 g/mol. The third-order valence-corrected chi connectivity index (χ3v) is 3.27. The second kappa shape index (κ2) is 5.48. The van der Waals surface area contributed by atoms with Crippen molar-refractivity contribution in [3.8, 4) is 0 Å². The van der Waals surface area contributed by atoms with E-state index < -0.39 is 11.7 Å². The van der Waals surface area contributed by atoms with Gasteiger partial charge in [-0.15, -0.1) is 0 Å². The third kappa shape index (κ3) is 3.07. The van der Waals surface area contributed by atoms with Crippen molar-refractivity contribution in [2.75, 3.05) is 6.54 Å². The number of rotatable bonds is 2. The Balaban J connectivity index is 2.01. The Hall–Kier alpha value is -1.43.